The molecule has 120 valence electrons. The Morgan fingerprint density at radius 3 is 2.73 bits per heavy atom. The summed E-state index contributed by atoms with van der Waals surface area (Å²) < 4.78 is 0. The van der Waals surface area contributed by atoms with Gasteiger partial charge in [-0.25, -0.2) is 0 Å². The van der Waals surface area contributed by atoms with Crippen LogP contribution in [0.2, 0.25) is 0 Å². The van der Waals surface area contributed by atoms with Crippen LogP contribution in [0.3, 0.4) is 0 Å². The number of nitrogens with zero attached hydrogens (tertiary/aromatic N) is 2. The first-order valence-electron chi connectivity index (χ1n) is 7.80. The lowest BCUT2D eigenvalue weighted by Gasteiger charge is -2.17. The van der Waals surface area contributed by atoms with E-state index in [-0.39, 0.29) is 17.7 Å². The normalized spacial score (nSPS) is 18.0. The first-order chi connectivity index (χ1) is 10.6. The molecule has 1 aliphatic heterocycles. The molecule has 1 heterocycles. The van der Waals surface area contributed by atoms with Crippen molar-refractivity contribution in [3.05, 3.63) is 35.9 Å². The molecule has 0 bridgehead atoms. The van der Waals surface area contributed by atoms with Crippen molar-refractivity contribution in [3.8, 4) is 0 Å². The van der Waals surface area contributed by atoms with Crippen LogP contribution in [0, 0.1) is 5.92 Å². The quantitative estimate of drug-likeness (QED) is 0.768. The Bertz CT molecular complexity index is 502. The smallest absolute Gasteiger partial charge is 0.225 e. The zero-order chi connectivity index (χ0) is 15.9. The van der Waals surface area contributed by atoms with E-state index in [2.05, 4.69) is 10.2 Å². The van der Waals surface area contributed by atoms with Crippen molar-refractivity contribution in [2.45, 2.75) is 19.4 Å². The number of nitrogens with one attached hydrogen (secondary N) is 1. The van der Waals surface area contributed by atoms with Crippen molar-refractivity contribution in [3.63, 3.8) is 0 Å². The minimum atomic E-state index is -0.212. The average molecular weight is 303 g/mol. The molecular formula is C17H25N3O2. The molecule has 1 unspecified atom stereocenters. The summed E-state index contributed by atoms with van der Waals surface area (Å²) in [4.78, 5) is 28.0. The molecular weight excluding hydrogens is 278 g/mol. The van der Waals surface area contributed by atoms with E-state index in [0.29, 0.717) is 26.1 Å². The van der Waals surface area contributed by atoms with Crippen LogP contribution >= 0.6 is 0 Å². The highest BCUT2D eigenvalue weighted by atomic mass is 16.2. The van der Waals surface area contributed by atoms with Crippen LogP contribution in [0.5, 0.6) is 0 Å². The summed E-state index contributed by atoms with van der Waals surface area (Å²) in [7, 11) is 4.03. The van der Waals surface area contributed by atoms with Crippen LogP contribution in [-0.4, -0.2) is 55.3 Å². The van der Waals surface area contributed by atoms with Crippen molar-refractivity contribution < 1.29 is 9.59 Å². The van der Waals surface area contributed by atoms with E-state index < -0.39 is 0 Å². The van der Waals surface area contributed by atoms with Crippen LogP contribution in [0.25, 0.3) is 0 Å². The molecule has 0 aromatic heterocycles. The summed E-state index contributed by atoms with van der Waals surface area (Å²) >= 11 is 0. The molecule has 1 aliphatic rings. The number of carbonyl (C=O) groups excluding carboxylic acids is 2. The van der Waals surface area contributed by atoms with Gasteiger partial charge in [-0.1, -0.05) is 30.3 Å². The Morgan fingerprint density at radius 2 is 2.05 bits per heavy atom. The minimum Gasteiger partial charge on any atom is -0.356 e. The third-order valence-electron chi connectivity index (χ3n) is 3.88. The highest BCUT2D eigenvalue weighted by Gasteiger charge is 2.33. The number of hydrogen-bond donors (Lipinski definition) is 1. The molecule has 1 aromatic carbocycles. The second-order valence-electron chi connectivity index (χ2n) is 6.11. The van der Waals surface area contributed by atoms with E-state index in [9.17, 15) is 9.59 Å². The number of likely N-dealkylation sites (tertiary alicyclic amines) is 1. The first kappa shape index (κ1) is 16.5. The van der Waals surface area contributed by atoms with E-state index in [1.165, 1.54) is 0 Å². The fourth-order valence-corrected chi connectivity index (χ4v) is 2.66. The summed E-state index contributed by atoms with van der Waals surface area (Å²) in [5.41, 5.74) is 1.10. The molecule has 0 spiro atoms. The SMILES string of the molecule is CN(C)CCCNC(=O)C1CC(=O)N(Cc2ccccc2)C1. The van der Waals surface area contributed by atoms with Crippen molar-refractivity contribution in [2.75, 3.05) is 33.7 Å². The summed E-state index contributed by atoms with van der Waals surface area (Å²) in [5.74, 6) is -0.143. The van der Waals surface area contributed by atoms with Gasteiger partial charge in [0.25, 0.3) is 0 Å². The molecule has 2 amide bonds. The number of rotatable bonds is 7. The maximum atomic E-state index is 12.1. The number of amides is 2. The van der Waals surface area contributed by atoms with Gasteiger partial charge in [0.2, 0.25) is 11.8 Å². The molecule has 1 atom stereocenters. The third kappa shape index (κ3) is 4.84. The second-order valence-corrected chi connectivity index (χ2v) is 6.11. The Morgan fingerprint density at radius 1 is 1.32 bits per heavy atom. The van der Waals surface area contributed by atoms with E-state index >= 15 is 0 Å². The first-order valence-corrected chi connectivity index (χ1v) is 7.80. The Labute approximate surface area is 132 Å². The second kappa shape index (κ2) is 7.94. The number of benzene rings is 1. The zero-order valence-electron chi connectivity index (χ0n) is 13.4. The van der Waals surface area contributed by atoms with Crippen molar-refractivity contribution in [2.24, 2.45) is 5.92 Å². The zero-order valence-corrected chi connectivity index (χ0v) is 13.4. The van der Waals surface area contributed by atoms with E-state index in [4.69, 9.17) is 0 Å². The molecule has 1 N–H and O–H groups in total. The fourth-order valence-electron chi connectivity index (χ4n) is 2.66. The Balaban J connectivity index is 1.77. The highest BCUT2D eigenvalue weighted by Crippen LogP contribution is 2.20. The predicted molar refractivity (Wildman–Crippen MR) is 86.1 cm³/mol. The third-order valence-corrected chi connectivity index (χ3v) is 3.88. The lowest BCUT2D eigenvalue weighted by Crippen LogP contribution is -2.34. The van der Waals surface area contributed by atoms with Crippen LogP contribution in [0.1, 0.15) is 18.4 Å². The minimum absolute atomic E-state index is 0.00247. The molecule has 2 rings (SSSR count). The summed E-state index contributed by atoms with van der Waals surface area (Å²) in [6.45, 7) is 2.72. The van der Waals surface area contributed by atoms with Crippen LogP contribution in [0.15, 0.2) is 30.3 Å². The molecule has 1 saturated heterocycles. The Kier molecular flexibility index (Phi) is 5.95. The monoisotopic (exact) mass is 303 g/mol. The van der Waals surface area contributed by atoms with Crippen molar-refractivity contribution in [1.29, 1.82) is 0 Å². The molecule has 5 heteroatoms. The summed E-state index contributed by atoms with van der Waals surface area (Å²) in [6.07, 6.45) is 1.25. The average Bonchev–Trinajstić information content (AvgIpc) is 2.85. The molecule has 5 nitrogen and oxygen atoms in total. The van der Waals surface area contributed by atoms with Crippen molar-refractivity contribution in [1.82, 2.24) is 15.1 Å². The van der Waals surface area contributed by atoms with Gasteiger partial charge in [-0.05, 0) is 32.6 Å². The van der Waals surface area contributed by atoms with Crippen LogP contribution < -0.4 is 5.32 Å². The summed E-state index contributed by atoms with van der Waals surface area (Å²) in [5, 5.41) is 2.94. The van der Waals surface area contributed by atoms with Crippen molar-refractivity contribution >= 4 is 11.8 Å². The van der Waals surface area contributed by atoms with E-state index in [1.807, 2.05) is 44.4 Å². The van der Waals surface area contributed by atoms with Crippen LogP contribution in [0.4, 0.5) is 0 Å². The van der Waals surface area contributed by atoms with Crippen LogP contribution in [-0.2, 0) is 16.1 Å². The highest BCUT2D eigenvalue weighted by molar-refractivity contribution is 5.89. The van der Waals surface area contributed by atoms with Gasteiger partial charge >= 0.3 is 0 Å². The van der Waals surface area contributed by atoms with Gasteiger partial charge in [0.05, 0.1) is 5.92 Å². The molecule has 22 heavy (non-hydrogen) atoms. The standard InChI is InChI=1S/C17H25N3O2/c1-19(2)10-6-9-18-17(22)15-11-16(21)20(13-15)12-14-7-4-3-5-8-14/h3-5,7-8,15H,6,9-13H2,1-2H3,(H,18,22). The molecule has 0 radical (unpaired) electrons. The van der Waals surface area contributed by atoms with Gasteiger partial charge < -0.3 is 15.1 Å². The van der Waals surface area contributed by atoms with Gasteiger partial charge in [0.1, 0.15) is 0 Å². The molecule has 1 fully saturated rings. The Hall–Kier alpha value is -1.88. The lowest BCUT2D eigenvalue weighted by molar-refractivity contribution is -0.129. The number of hydrogen-bond acceptors (Lipinski definition) is 3. The van der Waals surface area contributed by atoms with Gasteiger partial charge in [0, 0.05) is 26.1 Å². The van der Waals surface area contributed by atoms with Gasteiger partial charge in [0.15, 0.2) is 0 Å². The van der Waals surface area contributed by atoms with E-state index in [1.54, 1.807) is 4.90 Å². The fraction of sp³-hybridized carbons (Fsp3) is 0.529. The maximum absolute atomic E-state index is 12.1. The maximum Gasteiger partial charge on any atom is 0.225 e. The molecule has 0 saturated carbocycles. The van der Waals surface area contributed by atoms with Gasteiger partial charge in [-0.2, -0.15) is 0 Å². The van der Waals surface area contributed by atoms with Gasteiger partial charge in [-0.3, -0.25) is 9.59 Å². The predicted octanol–water partition coefficient (Wildman–Crippen LogP) is 1.10. The van der Waals surface area contributed by atoms with Gasteiger partial charge in [-0.15, -0.1) is 0 Å². The van der Waals surface area contributed by atoms with E-state index in [0.717, 1.165) is 18.5 Å². The molecule has 1 aromatic rings. The number of carbonyl (C=O) groups is 2. The summed E-state index contributed by atoms with van der Waals surface area (Å²) in [6, 6.07) is 9.89. The largest absolute Gasteiger partial charge is 0.356 e. The topological polar surface area (TPSA) is 52.7 Å². The lowest BCUT2D eigenvalue weighted by atomic mass is 10.1. The molecule has 0 aliphatic carbocycles.